The van der Waals surface area contributed by atoms with Gasteiger partial charge < -0.3 is 10.2 Å². The lowest BCUT2D eigenvalue weighted by molar-refractivity contribution is -0.141. The molecule has 1 aliphatic heterocycles. The van der Waals surface area contributed by atoms with Gasteiger partial charge in [-0.05, 0) is 31.8 Å². The maximum Gasteiger partial charge on any atom is 0.435 e. The number of nitrogens with one attached hydrogen (secondary N) is 1. The molecule has 1 amide bonds. The predicted octanol–water partition coefficient (Wildman–Crippen LogP) is 1.90. The van der Waals surface area contributed by atoms with Crippen molar-refractivity contribution in [3.05, 3.63) is 17.5 Å². The van der Waals surface area contributed by atoms with E-state index in [9.17, 15) is 18.0 Å². The molecule has 1 N–H and O–H groups in total. The van der Waals surface area contributed by atoms with Crippen molar-refractivity contribution in [2.45, 2.75) is 25.9 Å². The molecule has 8 heteroatoms. The number of rotatable bonds is 5. The standard InChI is InChI=1S/C14H21F3N4O/c1-10(8-21-5-3-4-6-21)7-18-13(22)11-9-20(2)19-12(11)14(15,16)17/h9-10H,3-8H2,1-2H3,(H,18,22). The Morgan fingerprint density at radius 3 is 2.64 bits per heavy atom. The zero-order valence-corrected chi connectivity index (χ0v) is 12.8. The summed E-state index contributed by atoms with van der Waals surface area (Å²) in [6, 6.07) is 0. The molecule has 0 aromatic carbocycles. The Morgan fingerprint density at radius 1 is 1.41 bits per heavy atom. The van der Waals surface area contributed by atoms with Crippen molar-refractivity contribution in [1.29, 1.82) is 0 Å². The molecule has 2 heterocycles. The molecule has 1 aliphatic rings. The van der Waals surface area contributed by atoms with Gasteiger partial charge in [-0.25, -0.2) is 0 Å². The van der Waals surface area contributed by atoms with Crippen molar-refractivity contribution >= 4 is 5.91 Å². The van der Waals surface area contributed by atoms with Crippen LogP contribution >= 0.6 is 0 Å². The van der Waals surface area contributed by atoms with Crippen molar-refractivity contribution in [3.63, 3.8) is 0 Å². The minimum atomic E-state index is -4.63. The highest BCUT2D eigenvalue weighted by Gasteiger charge is 2.38. The molecule has 2 rings (SSSR count). The van der Waals surface area contributed by atoms with Crippen LogP contribution in [0.2, 0.25) is 0 Å². The number of aryl methyl sites for hydroxylation is 1. The summed E-state index contributed by atoms with van der Waals surface area (Å²) in [4.78, 5) is 14.3. The molecule has 0 aliphatic carbocycles. The van der Waals surface area contributed by atoms with E-state index in [0.717, 1.165) is 30.5 Å². The summed E-state index contributed by atoms with van der Waals surface area (Å²) >= 11 is 0. The van der Waals surface area contributed by atoms with Crippen LogP contribution in [0, 0.1) is 5.92 Å². The summed E-state index contributed by atoms with van der Waals surface area (Å²) in [6.45, 7) is 5.28. The minimum Gasteiger partial charge on any atom is -0.352 e. The van der Waals surface area contributed by atoms with Crippen molar-refractivity contribution < 1.29 is 18.0 Å². The number of likely N-dealkylation sites (tertiary alicyclic amines) is 1. The van der Waals surface area contributed by atoms with Crippen molar-refractivity contribution in [1.82, 2.24) is 20.0 Å². The number of nitrogens with zero attached hydrogens (tertiary/aromatic N) is 3. The molecule has 1 saturated heterocycles. The molecule has 0 radical (unpaired) electrons. The highest BCUT2D eigenvalue weighted by molar-refractivity contribution is 5.95. The molecule has 0 spiro atoms. The van der Waals surface area contributed by atoms with E-state index >= 15 is 0 Å². The fourth-order valence-corrected chi connectivity index (χ4v) is 2.70. The third kappa shape index (κ3) is 4.22. The maximum absolute atomic E-state index is 12.8. The van der Waals surface area contributed by atoms with Crippen LogP contribution < -0.4 is 5.32 Å². The van der Waals surface area contributed by atoms with E-state index in [1.54, 1.807) is 0 Å². The Morgan fingerprint density at radius 2 is 2.05 bits per heavy atom. The van der Waals surface area contributed by atoms with Gasteiger partial charge in [-0.15, -0.1) is 0 Å². The monoisotopic (exact) mass is 318 g/mol. The first-order valence-electron chi connectivity index (χ1n) is 7.38. The van der Waals surface area contributed by atoms with Gasteiger partial charge in [-0.3, -0.25) is 9.48 Å². The van der Waals surface area contributed by atoms with Crippen LogP contribution in [0.25, 0.3) is 0 Å². The number of hydrogen-bond acceptors (Lipinski definition) is 3. The number of halogens is 3. The van der Waals surface area contributed by atoms with E-state index in [0.29, 0.717) is 6.54 Å². The highest BCUT2D eigenvalue weighted by Crippen LogP contribution is 2.30. The van der Waals surface area contributed by atoms with Crippen LogP contribution in [0.5, 0.6) is 0 Å². The molecule has 0 saturated carbocycles. The second kappa shape index (κ2) is 6.68. The largest absolute Gasteiger partial charge is 0.435 e. The molecule has 1 aromatic heterocycles. The molecule has 1 atom stereocenters. The Kier molecular flexibility index (Phi) is 5.10. The molecule has 1 aromatic rings. The lowest BCUT2D eigenvalue weighted by Crippen LogP contribution is -2.35. The molecule has 0 bridgehead atoms. The zero-order chi connectivity index (χ0) is 16.3. The molecular weight excluding hydrogens is 297 g/mol. The summed E-state index contributed by atoms with van der Waals surface area (Å²) in [5, 5.41) is 5.92. The first-order valence-corrected chi connectivity index (χ1v) is 7.38. The van der Waals surface area contributed by atoms with Gasteiger partial charge in [0.1, 0.15) is 0 Å². The van der Waals surface area contributed by atoms with Crippen LogP contribution in [0.1, 0.15) is 35.8 Å². The van der Waals surface area contributed by atoms with Gasteiger partial charge >= 0.3 is 6.18 Å². The van der Waals surface area contributed by atoms with Crippen molar-refractivity contribution in [2.24, 2.45) is 13.0 Å². The second-order valence-corrected chi connectivity index (χ2v) is 5.89. The highest BCUT2D eigenvalue weighted by atomic mass is 19.4. The van der Waals surface area contributed by atoms with Crippen molar-refractivity contribution in [2.75, 3.05) is 26.2 Å². The molecule has 22 heavy (non-hydrogen) atoms. The lowest BCUT2D eigenvalue weighted by atomic mass is 10.1. The number of carbonyl (C=O) groups is 1. The fourth-order valence-electron chi connectivity index (χ4n) is 2.70. The molecular formula is C14H21F3N4O. The Labute approximate surface area is 127 Å². The van der Waals surface area contributed by atoms with Crippen LogP contribution in [0.3, 0.4) is 0 Å². The topological polar surface area (TPSA) is 50.2 Å². The van der Waals surface area contributed by atoms with Gasteiger partial charge in [0.2, 0.25) is 0 Å². The van der Waals surface area contributed by atoms with E-state index in [2.05, 4.69) is 15.3 Å². The van der Waals surface area contributed by atoms with E-state index < -0.39 is 23.3 Å². The van der Waals surface area contributed by atoms with E-state index in [4.69, 9.17) is 0 Å². The quantitative estimate of drug-likeness (QED) is 0.902. The number of amides is 1. The lowest BCUT2D eigenvalue weighted by Gasteiger charge is -2.20. The van der Waals surface area contributed by atoms with E-state index in [1.165, 1.54) is 19.9 Å². The van der Waals surface area contributed by atoms with Gasteiger partial charge in [-0.1, -0.05) is 6.92 Å². The van der Waals surface area contributed by atoms with Crippen LogP contribution in [0.4, 0.5) is 13.2 Å². The third-order valence-corrected chi connectivity index (χ3v) is 3.72. The smallest absolute Gasteiger partial charge is 0.352 e. The van der Waals surface area contributed by atoms with Gasteiger partial charge in [0, 0.05) is 26.3 Å². The summed E-state index contributed by atoms with van der Waals surface area (Å²) in [5.41, 5.74) is -1.57. The van der Waals surface area contributed by atoms with Gasteiger partial charge in [-0.2, -0.15) is 18.3 Å². The molecule has 5 nitrogen and oxygen atoms in total. The van der Waals surface area contributed by atoms with E-state index in [1.807, 2.05) is 6.92 Å². The van der Waals surface area contributed by atoms with Crippen molar-refractivity contribution in [3.8, 4) is 0 Å². The minimum absolute atomic E-state index is 0.188. The SMILES string of the molecule is CC(CNC(=O)c1cn(C)nc1C(F)(F)F)CN1CCCC1. The van der Waals surface area contributed by atoms with Gasteiger partial charge in [0.25, 0.3) is 5.91 Å². The van der Waals surface area contributed by atoms with Crippen LogP contribution in [-0.2, 0) is 13.2 Å². The molecule has 1 unspecified atom stereocenters. The normalized spacial score (nSPS) is 17.7. The third-order valence-electron chi connectivity index (χ3n) is 3.72. The summed E-state index contributed by atoms with van der Waals surface area (Å²) in [5.74, 6) is -0.540. The fraction of sp³-hybridized carbons (Fsp3) is 0.714. The van der Waals surface area contributed by atoms with Gasteiger partial charge in [0.05, 0.1) is 5.56 Å². The van der Waals surface area contributed by atoms with Gasteiger partial charge in [0.15, 0.2) is 5.69 Å². The maximum atomic E-state index is 12.8. The number of carbonyl (C=O) groups excluding carboxylic acids is 1. The summed E-state index contributed by atoms with van der Waals surface area (Å²) < 4.78 is 39.5. The first kappa shape index (κ1) is 16.8. The van der Waals surface area contributed by atoms with E-state index in [-0.39, 0.29) is 5.92 Å². The Balaban J connectivity index is 1.92. The number of alkyl halides is 3. The molecule has 124 valence electrons. The van der Waals surface area contributed by atoms with Crippen LogP contribution in [0.15, 0.2) is 6.20 Å². The molecule has 1 fully saturated rings. The average Bonchev–Trinajstić information content (AvgIpc) is 3.04. The zero-order valence-electron chi connectivity index (χ0n) is 12.8. The number of aromatic nitrogens is 2. The Hall–Kier alpha value is -1.57. The predicted molar refractivity (Wildman–Crippen MR) is 75.4 cm³/mol. The Bertz CT molecular complexity index is 521. The average molecular weight is 318 g/mol. The first-order chi connectivity index (χ1) is 10.3. The summed E-state index contributed by atoms with van der Waals surface area (Å²) in [6.07, 6.45) is -1.16. The number of hydrogen-bond donors (Lipinski definition) is 1. The second-order valence-electron chi connectivity index (χ2n) is 5.89. The van der Waals surface area contributed by atoms with Crippen LogP contribution in [-0.4, -0.2) is 46.8 Å². The summed E-state index contributed by atoms with van der Waals surface area (Å²) in [7, 11) is 1.36.